The average Bonchev–Trinajstić information content (AvgIpc) is 2.45. The summed E-state index contributed by atoms with van der Waals surface area (Å²) in [4.78, 5) is 12.3. The van der Waals surface area contributed by atoms with Crippen LogP contribution in [0.2, 0.25) is 0 Å². The van der Waals surface area contributed by atoms with Crippen LogP contribution in [0.15, 0.2) is 42.5 Å². The molecule has 2 aromatic carbocycles. The number of nitrogens with one attached hydrogen (secondary N) is 2. The molecule has 0 unspecified atom stereocenters. The molecule has 3 heteroatoms. The maximum atomic E-state index is 12.3. The predicted molar refractivity (Wildman–Crippen MR) is 89.1 cm³/mol. The number of rotatable bonds is 5. The summed E-state index contributed by atoms with van der Waals surface area (Å²) in [5.74, 6) is -0.0693. The zero-order valence-corrected chi connectivity index (χ0v) is 12.9. The van der Waals surface area contributed by atoms with E-state index in [1.165, 1.54) is 0 Å². The summed E-state index contributed by atoms with van der Waals surface area (Å²) in [7, 11) is 0. The van der Waals surface area contributed by atoms with E-state index in [-0.39, 0.29) is 5.91 Å². The molecule has 1 amide bonds. The number of aryl methyl sites for hydroxylation is 2. The van der Waals surface area contributed by atoms with Gasteiger partial charge in [0.2, 0.25) is 0 Å². The molecular weight excluding hydrogens is 260 g/mol. The molecule has 110 valence electrons. The van der Waals surface area contributed by atoms with Crippen molar-refractivity contribution in [3.05, 3.63) is 59.2 Å². The number of carbonyl (C=O) groups is 1. The van der Waals surface area contributed by atoms with Gasteiger partial charge >= 0.3 is 0 Å². The molecule has 0 fully saturated rings. The topological polar surface area (TPSA) is 41.1 Å². The van der Waals surface area contributed by atoms with Crippen molar-refractivity contribution in [2.75, 3.05) is 17.2 Å². The SMILES string of the molecule is CCCNc1ccc(C(=O)Nc2cccc(C)c2)c(C)c1. The van der Waals surface area contributed by atoms with E-state index in [0.29, 0.717) is 5.56 Å². The van der Waals surface area contributed by atoms with E-state index >= 15 is 0 Å². The molecule has 2 rings (SSSR count). The van der Waals surface area contributed by atoms with Gasteiger partial charge in [-0.2, -0.15) is 0 Å². The van der Waals surface area contributed by atoms with E-state index < -0.39 is 0 Å². The molecule has 0 radical (unpaired) electrons. The van der Waals surface area contributed by atoms with Crippen molar-refractivity contribution in [3.63, 3.8) is 0 Å². The fourth-order valence-corrected chi connectivity index (χ4v) is 2.22. The molecule has 3 nitrogen and oxygen atoms in total. The fourth-order valence-electron chi connectivity index (χ4n) is 2.22. The molecule has 21 heavy (non-hydrogen) atoms. The van der Waals surface area contributed by atoms with Crippen molar-refractivity contribution in [2.24, 2.45) is 0 Å². The molecule has 0 heterocycles. The Hall–Kier alpha value is -2.29. The largest absolute Gasteiger partial charge is 0.385 e. The van der Waals surface area contributed by atoms with Crippen LogP contribution in [0, 0.1) is 13.8 Å². The molecule has 0 aliphatic rings. The van der Waals surface area contributed by atoms with Crippen LogP contribution in [0.25, 0.3) is 0 Å². The van der Waals surface area contributed by atoms with Crippen molar-refractivity contribution in [2.45, 2.75) is 27.2 Å². The van der Waals surface area contributed by atoms with E-state index in [0.717, 1.165) is 35.5 Å². The summed E-state index contributed by atoms with van der Waals surface area (Å²) >= 11 is 0. The molecule has 2 N–H and O–H groups in total. The van der Waals surface area contributed by atoms with Crippen LogP contribution in [-0.4, -0.2) is 12.5 Å². The van der Waals surface area contributed by atoms with E-state index in [9.17, 15) is 4.79 Å². The Kier molecular flexibility index (Phi) is 4.99. The second kappa shape index (κ2) is 6.93. The van der Waals surface area contributed by atoms with Crippen molar-refractivity contribution in [1.29, 1.82) is 0 Å². The summed E-state index contributed by atoms with van der Waals surface area (Å²) in [5, 5.41) is 6.27. The zero-order chi connectivity index (χ0) is 15.2. The highest BCUT2D eigenvalue weighted by molar-refractivity contribution is 6.05. The van der Waals surface area contributed by atoms with Gasteiger partial charge in [-0.05, 0) is 61.7 Å². The van der Waals surface area contributed by atoms with Crippen LogP contribution in [0.5, 0.6) is 0 Å². The van der Waals surface area contributed by atoms with E-state index in [4.69, 9.17) is 0 Å². The van der Waals surface area contributed by atoms with Gasteiger partial charge < -0.3 is 10.6 Å². The lowest BCUT2D eigenvalue weighted by Crippen LogP contribution is -2.13. The quantitative estimate of drug-likeness (QED) is 0.854. The second-order valence-corrected chi connectivity index (χ2v) is 5.28. The highest BCUT2D eigenvalue weighted by Crippen LogP contribution is 2.17. The number of anilines is 2. The molecule has 0 saturated carbocycles. The lowest BCUT2D eigenvalue weighted by atomic mass is 10.1. The van der Waals surface area contributed by atoms with Crippen LogP contribution in [-0.2, 0) is 0 Å². The van der Waals surface area contributed by atoms with Crippen molar-refractivity contribution in [1.82, 2.24) is 0 Å². The summed E-state index contributed by atoms with van der Waals surface area (Å²) in [5.41, 5.74) is 4.69. The zero-order valence-electron chi connectivity index (χ0n) is 12.9. The Labute approximate surface area is 126 Å². The highest BCUT2D eigenvalue weighted by Gasteiger charge is 2.09. The van der Waals surface area contributed by atoms with Crippen molar-refractivity contribution < 1.29 is 4.79 Å². The van der Waals surface area contributed by atoms with Crippen molar-refractivity contribution >= 4 is 17.3 Å². The standard InChI is InChI=1S/C18H22N2O/c1-4-10-19-15-8-9-17(14(3)12-15)18(21)20-16-7-5-6-13(2)11-16/h5-9,11-12,19H,4,10H2,1-3H3,(H,20,21). The number of benzene rings is 2. The normalized spacial score (nSPS) is 10.2. The first kappa shape index (κ1) is 15.1. The summed E-state index contributed by atoms with van der Waals surface area (Å²) in [6.45, 7) is 7.04. The molecular formula is C18H22N2O. The van der Waals surface area contributed by atoms with Gasteiger partial charge in [-0.3, -0.25) is 4.79 Å². The van der Waals surface area contributed by atoms with Gasteiger partial charge in [0.25, 0.3) is 5.91 Å². The lowest BCUT2D eigenvalue weighted by Gasteiger charge is -2.11. The Bertz CT molecular complexity index is 635. The first-order valence-corrected chi connectivity index (χ1v) is 7.32. The van der Waals surface area contributed by atoms with Gasteiger partial charge in [-0.1, -0.05) is 19.1 Å². The van der Waals surface area contributed by atoms with Gasteiger partial charge in [0, 0.05) is 23.5 Å². The monoisotopic (exact) mass is 282 g/mol. The minimum Gasteiger partial charge on any atom is -0.385 e. The minimum absolute atomic E-state index is 0.0693. The predicted octanol–water partition coefficient (Wildman–Crippen LogP) is 4.38. The smallest absolute Gasteiger partial charge is 0.255 e. The van der Waals surface area contributed by atoms with Gasteiger partial charge in [-0.25, -0.2) is 0 Å². The van der Waals surface area contributed by atoms with Gasteiger partial charge in [0.05, 0.1) is 0 Å². The van der Waals surface area contributed by atoms with Gasteiger partial charge in [0.15, 0.2) is 0 Å². The molecule has 2 aromatic rings. The molecule has 0 bridgehead atoms. The van der Waals surface area contributed by atoms with Gasteiger partial charge in [0.1, 0.15) is 0 Å². The van der Waals surface area contributed by atoms with Gasteiger partial charge in [-0.15, -0.1) is 0 Å². The van der Waals surface area contributed by atoms with E-state index in [1.54, 1.807) is 0 Å². The first-order chi connectivity index (χ1) is 10.1. The Morgan fingerprint density at radius 3 is 2.52 bits per heavy atom. The maximum Gasteiger partial charge on any atom is 0.255 e. The average molecular weight is 282 g/mol. The highest BCUT2D eigenvalue weighted by atomic mass is 16.1. The summed E-state index contributed by atoms with van der Waals surface area (Å²) in [6, 6.07) is 13.7. The minimum atomic E-state index is -0.0693. The fraction of sp³-hybridized carbons (Fsp3) is 0.278. The van der Waals surface area contributed by atoms with E-state index in [1.807, 2.05) is 56.3 Å². The van der Waals surface area contributed by atoms with Crippen LogP contribution < -0.4 is 10.6 Å². The van der Waals surface area contributed by atoms with Crippen LogP contribution >= 0.6 is 0 Å². The van der Waals surface area contributed by atoms with Crippen LogP contribution in [0.4, 0.5) is 11.4 Å². The molecule has 0 atom stereocenters. The number of hydrogen-bond donors (Lipinski definition) is 2. The summed E-state index contributed by atoms with van der Waals surface area (Å²) < 4.78 is 0. The van der Waals surface area contributed by atoms with Crippen molar-refractivity contribution in [3.8, 4) is 0 Å². The third-order valence-corrected chi connectivity index (χ3v) is 3.33. The second-order valence-electron chi connectivity index (χ2n) is 5.28. The first-order valence-electron chi connectivity index (χ1n) is 7.32. The third kappa shape index (κ3) is 4.09. The molecule has 0 aromatic heterocycles. The van der Waals surface area contributed by atoms with E-state index in [2.05, 4.69) is 17.6 Å². The van der Waals surface area contributed by atoms with Crippen LogP contribution in [0.3, 0.4) is 0 Å². The Balaban J connectivity index is 2.12. The molecule has 0 aliphatic carbocycles. The Morgan fingerprint density at radius 2 is 1.86 bits per heavy atom. The molecule has 0 saturated heterocycles. The molecule has 0 spiro atoms. The number of amides is 1. The summed E-state index contributed by atoms with van der Waals surface area (Å²) in [6.07, 6.45) is 1.08. The maximum absolute atomic E-state index is 12.3. The van der Waals surface area contributed by atoms with Crippen LogP contribution in [0.1, 0.15) is 34.8 Å². The number of hydrogen-bond acceptors (Lipinski definition) is 2. The number of carbonyl (C=O) groups excluding carboxylic acids is 1. The molecule has 0 aliphatic heterocycles. The lowest BCUT2D eigenvalue weighted by molar-refractivity contribution is 0.102. The Morgan fingerprint density at radius 1 is 1.05 bits per heavy atom. The third-order valence-electron chi connectivity index (χ3n) is 3.33.